The van der Waals surface area contributed by atoms with Gasteiger partial charge < -0.3 is 33.8 Å². The molecule has 0 radical (unpaired) electrons. The van der Waals surface area contributed by atoms with Crippen molar-refractivity contribution >= 4 is 39.5 Å². The zero-order chi connectivity index (χ0) is 72.4. The molecule has 19 heteroatoms. The number of unbranched alkanes of at least 4 members (excludes halogenated alkanes) is 40. The normalized spacial score (nSPS) is 14.6. The summed E-state index contributed by atoms with van der Waals surface area (Å²) in [5, 5.41) is 10.6. The van der Waals surface area contributed by atoms with Crippen LogP contribution in [0.4, 0.5) is 0 Å². The highest BCUT2D eigenvalue weighted by Crippen LogP contribution is 2.45. The molecule has 0 bridgehead atoms. The number of carbonyl (C=O) groups is 4. The number of carbonyl (C=O) groups excluding carboxylic acids is 4. The molecule has 0 heterocycles. The van der Waals surface area contributed by atoms with Gasteiger partial charge in [-0.1, -0.05) is 351 Å². The van der Waals surface area contributed by atoms with Crippen LogP contribution in [0.5, 0.6) is 0 Å². The maximum Gasteiger partial charge on any atom is 0.472 e. The van der Waals surface area contributed by atoms with Crippen LogP contribution in [0.3, 0.4) is 0 Å². The van der Waals surface area contributed by atoms with Crippen molar-refractivity contribution in [3.8, 4) is 0 Å². The Kier molecular flexibility index (Phi) is 66.8. The zero-order valence-corrected chi connectivity index (χ0v) is 66.2. The first-order chi connectivity index (χ1) is 47.2. The van der Waals surface area contributed by atoms with E-state index in [2.05, 4.69) is 55.4 Å². The van der Waals surface area contributed by atoms with Crippen LogP contribution < -0.4 is 0 Å². The van der Waals surface area contributed by atoms with Gasteiger partial charge in [0.25, 0.3) is 0 Å². The van der Waals surface area contributed by atoms with Gasteiger partial charge in [-0.25, -0.2) is 9.13 Å². The summed E-state index contributed by atoms with van der Waals surface area (Å²) in [5.41, 5.74) is 0. The molecule has 582 valence electrons. The van der Waals surface area contributed by atoms with Gasteiger partial charge in [-0.3, -0.25) is 37.3 Å². The molecule has 0 rings (SSSR count). The van der Waals surface area contributed by atoms with Crippen molar-refractivity contribution in [1.29, 1.82) is 0 Å². The smallest absolute Gasteiger partial charge is 0.462 e. The Morgan fingerprint density at radius 2 is 0.490 bits per heavy atom. The maximum absolute atomic E-state index is 13.1. The minimum Gasteiger partial charge on any atom is -0.462 e. The lowest BCUT2D eigenvalue weighted by atomic mass is 9.99. The highest BCUT2D eigenvalue weighted by Gasteiger charge is 2.30. The highest BCUT2D eigenvalue weighted by molar-refractivity contribution is 7.47. The fourth-order valence-electron chi connectivity index (χ4n) is 12.0. The molecule has 4 unspecified atom stereocenters. The third-order valence-corrected chi connectivity index (χ3v) is 20.9. The first-order valence-electron chi connectivity index (χ1n) is 40.8. The van der Waals surface area contributed by atoms with Crippen molar-refractivity contribution in [2.24, 2.45) is 23.7 Å². The fraction of sp³-hybridized carbons (Fsp3) is 0.949. The molecule has 0 amide bonds. The third-order valence-electron chi connectivity index (χ3n) is 19.0. The minimum atomic E-state index is -4.96. The molecular formula is C79H154O17P2. The summed E-state index contributed by atoms with van der Waals surface area (Å²) in [6.45, 7) is 14.3. The van der Waals surface area contributed by atoms with Gasteiger partial charge in [0, 0.05) is 25.7 Å². The second-order valence-electron chi connectivity index (χ2n) is 29.9. The van der Waals surface area contributed by atoms with E-state index in [1.165, 1.54) is 199 Å². The highest BCUT2D eigenvalue weighted by atomic mass is 31.2. The standard InChI is InChI=1S/C79H154O17P2/c1-9-71(7)57-49-41-33-27-21-13-11-12-14-23-29-35-45-53-61-78(83)95-74(65-89-76(81)59-51-43-34-28-22-17-15-19-25-31-39-47-55-69(3)4)67-93-97(85,86)91-63-73(80)64-92-98(87,88)94-68-75(66-90-77(82)60-52-44-38-37-42-50-58-72(8)10-2)96-79(84)62-54-46-36-30-24-18-16-20-26-32-40-48-56-70(5)6/h69-75,80H,9-68H2,1-8H3,(H,85,86)(H,87,88)/t71?,72?,73-,74-,75-/m1/s1. The Bertz CT molecular complexity index is 1920. The summed E-state index contributed by atoms with van der Waals surface area (Å²) in [6, 6.07) is 0. The van der Waals surface area contributed by atoms with E-state index in [4.69, 9.17) is 37.0 Å². The summed E-state index contributed by atoms with van der Waals surface area (Å²) in [5.74, 6) is 1.02. The first kappa shape index (κ1) is 96.1. The van der Waals surface area contributed by atoms with Crippen molar-refractivity contribution in [2.75, 3.05) is 39.6 Å². The average molecular weight is 1440 g/mol. The second-order valence-corrected chi connectivity index (χ2v) is 32.8. The fourth-order valence-corrected chi connectivity index (χ4v) is 13.6. The predicted octanol–water partition coefficient (Wildman–Crippen LogP) is 23.2. The molecule has 0 fully saturated rings. The van der Waals surface area contributed by atoms with Crippen molar-refractivity contribution in [3.05, 3.63) is 0 Å². The van der Waals surface area contributed by atoms with E-state index in [0.29, 0.717) is 25.7 Å². The monoisotopic (exact) mass is 1440 g/mol. The van der Waals surface area contributed by atoms with E-state index in [-0.39, 0.29) is 25.7 Å². The molecule has 0 aliphatic heterocycles. The summed E-state index contributed by atoms with van der Waals surface area (Å²) >= 11 is 0. The number of hydrogen-bond acceptors (Lipinski definition) is 15. The molecule has 0 aromatic carbocycles. The molecular weight excluding hydrogens is 1280 g/mol. The summed E-state index contributed by atoms with van der Waals surface area (Å²) in [4.78, 5) is 73.0. The molecule has 0 aliphatic carbocycles. The molecule has 0 aromatic heterocycles. The second kappa shape index (κ2) is 68.2. The number of hydrogen-bond donors (Lipinski definition) is 3. The van der Waals surface area contributed by atoms with Crippen molar-refractivity contribution < 1.29 is 80.2 Å². The van der Waals surface area contributed by atoms with Crippen LogP contribution in [-0.2, 0) is 65.4 Å². The van der Waals surface area contributed by atoms with Gasteiger partial charge >= 0.3 is 39.5 Å². The van der Waals surface area contributed by atoms with E-state index in [1.54, 1.807) is 0 Å². The van der Waals surface area contributed by atoms with Crippen LogP contribution in [-0.4, -0.2) is 96.7 Å². The van der Waals surface area contributed by atoms with Crippen LogP contribution >= 0.6 is 15.6 Å². The quantitative estimate of drug-likeness (QED) is 0.0222. The van der Waals surface area contributed by atoms with E-state index < -0.39 is 97.5 Å². The molecule has 17 nitrogen and oxygen atoms in total. The SMILES string of the molecule is CCC(C)CCCCCCCCCCCCCCCCC(=O)O[C@H](COC(=O)CCCCCCCCCCCCCCC(C)C)COP(=O)(O)OC[C@@H](O)COP(=O)(O)OC[C@@H](COC(=O)CCCCCCCCC(C)CC)OC(=O)CCCCCCCCCCCCCCC(C)C. The van der Waals surface area contributed by atoms with Crippen LogP contribution in [0.1, 0.15) is 402 Å². The molecule has 0 saturated carbocycles. The van der Waals surface area contributed by atoms with Crippen LogP contribution in [0.25, 0.3) is 0 Å². The van der Waals surface area contributed by atoms with Gasteiger partial charge in [0.2, 0.25) is 0 Å². The van der Waals surface area contributed by atoms with Gasteiger partial charge in [0.15, 0.2) is 12.2 Å². The number of ether oxygens (including phenoxy) is 4. The number of phosphoric acid groups is 2. The molecule has 7 atom stereocenters. The summed E-state index contributed by atoms with van der Waals surface area (Å²) in [7, 11) is -9.92. The van der Waals surface area contributed by atoms with E-state index in [0.717, 1.165) is 120 Å². The lowest BCUT2D eigenvalue weighted by molar-refractivity contribution is -0.161. The molecule has 0 spiro atoms. The molecule has 0 saturated heterocycles. The van der Waals surface area contributed by atoms with Crippen LogP contribution in [0.15, 0.2) is 0 Å². The Labute approximate surface area is 600 Å². The number of rotatable bonds is 76. The zero-order valence-electron chi connectivity index (χ0n) is 64.4. The van der Waals surface area contributed by atoms with Gasteiger partial charge in [-0.2, -0.15) is 0 Å². The van der Waals surface area contributed by atoms with Crippen molar-refractivity contribution in [2.45, 2.75) is 420 Å². The van der Waals surface area contributed by atoms with Crippen molar-refractivity contribution in [1.82, 2.24) is 0 Å². The largest absolute Gasteiger partial charge is 0.472 e. The predicted molar refractivity (Wildman–Crippen MR) is 400 cm³/mol. The van der Waals surface area contributed by atoms with Gasteiger partial charge in [-0.05, 0) is 49.4 Å². The van der Waals surface area contributed by atoms with E-state index in [1.807, 2.05) is 0 Å². The lowest BCUT2D eigenvalue weighted by Gasteiger charge is -2.21. The third kappa shape index (κ3) is 69.8. The topological polar surface area (TPSA) is 237 Å². The van der Waals surface area contributed by atoms with E-state index >= 15 is 0 Å². The molecule has 98 heavy (non-hydrogen) atoms. The Morgan fingerprint density at radius 1 is 0.286 bits per heavy atom. The lowest BCUT2D eigenvalue weighted by Crippen LogP contribution is -2.30. The van der Waals surface area contributed by atoms with Gasteiger partial charge in [0.05, 0.1) is 26.4 Å². The van der Waals surface area contributed by atoms with Crippen LogP contribution in [0.2, 0.25) is 0 Å². The number of aliphatic hydroxyl groups is 1. The summed E-state index contributed by atoms with van der Waals surface area (Å²) < 4.78 is 68.7. The Balaban J connectivity index is 5.26. The number of esters is 4. The molecule has 0 aromatic rings. The Hall–Kier alpha value is -1.94. The van der Waals surface area contributed by atoms with E-state index in [9.17, 15) is 43.2 Å². The first-order valence-corrected chi connectivity index (χ1v) is 43.8. The summed E-state index contributed by atoms with van der Waals surface area (Å²) in [6.07, 6.45) is 54.0. The Morgan fingerprint density at radius 3 is 0.724 bits per heavy atom. The van der Waals surface area contributed by atoms with Gasteiger partial charge in [-0.15, -0.1) is 0 Å². The average Bonchev–Trinajstić information content (AvgIpc) is 0.937. The maximum atomic E-state index is 13.1. The molecule has 3 N–H and O–H groups in total. The van der Waals surface area contributed by atoms with Crippen molar-refractivity contribution in [3.63, 3.8) is 0 Å². The van der Waals surface area contributed by atoms with Gasteiger partial charge in [0.1, 0.15) is 19.3 Å². The number of aliphatic hydroxyl groups excluding tert-OH is 1. The minimum absolute atomic E-state index is 0.106. The molecule has 0 aliphatic rings. The van der Waals surface area contributed by atoms with Crippen LogP contribution in [0, 0.1) is 23.7 Å². The number of phosphoric ester groups is 2.